The van der Waals surface area contributed by atoms with Crippen LogP contribution in [-0.4, -0.2) is 8.80 Å². The average molecular weight is 200 g/mol. The van der Waals surface area contributed by atoms with Crippen LogP contribution in [-0.2, 0) is 6.04 Å². The van der Waals surface area contributed by atoms with Crippen LogP contribution in [0.1, 0.15) is 16.7 Å². The van der Waals surface area contributed by atoms with Crippen molar-refractivity contribution in [2.45, 2.75) is 19.9 Å². The number of aryl methyl sites for hydroxylation is 1. The van der Waals surface area contributed by atoms with Crippen LogP contribution in [0.3, 0.4) is 0 Å². The van der Waals surface area contributed by atoms with E-state index >= 15 is 0 Å². The first-order valence-corrected chi connectivity index (χ1v) is 7.32. The molecule has 1 aromatic carbocycles. The second-order valence-corrected chi connectivity index (χ2v) is 6.50. The molecule has 1 aliphatic heterocycles. The van der Waals surface area contributed by atoms with E-state index in [1.165, 1.54) is 22.7 Å². The summed E-state index contributed by atoms with van der Waals surface area (Å²) in [4.78, 5) is 0. The Bertz CT molecular complexity index is 376. The first kappa shape index (κ1) is 9.47. The van der Waals surface area contributed by atoms with Gasteiger partial charge in [0.1, 0.15) is 0 Å². The lowest BCUT2D eigenvalue weighted by molar-refractivity contribution is 1.23. The highest BCUT2D eigenvalue weighted by Crippen LogP contribution is 2.15. The summed E-state index contributed by atoms with van der Waals surface area (Å²) in [6, 6.07) is 7.92. The molecule has 0 radical (unpaired) electrons. The first-order chi connectivity index (χ1) is 6.77. The van der Waals surface area contributed by atoms with Gasteiger partial charge in [-0.1, -0.05) is 41.7 Å². The van der Waals surface area contributed by atoms with Gasteiger partial charge in [0.15, 0.2) is 0 Å². The van der Waals surface area contributed by atoms with Crippen LogP contribution in [0.15, 0.2) is 41.7 Å². The lowest BCUT2D eigenvalue weighted by Gasteiger charge is -2.09. The summed E-state index contributed by atoms with van der Waals surface area (Å²) in [5.74, 6) is 0. The van der Waals surface area contributed by atoms with Gasteiger partial charge < -0.3 is 0 Å². The molecule has 14 heavy (non-hydrogen) atoms. The topological polar surface area (TPSA) is 0 Å². The van der Waals surface area contributed by atoms with Gasteiger partial charge in [-0.25, -0.2) is 0 Å². The Labute approximate surface area is 87.6 Å². The van der Waals surface area contributed by atoms with Gasteiger partial charge in [-0.2, -0.15) is 0 Å². The van der Waals surface area contributed by atoms with Crippen LogP contribution in [0.2, 0.25) is 0 Å². The molecule has 0 unspecified atom stereocenters. The van der Waals surface area contributed by atoms with Crippen molar-refractivity contribution in [3.63, 3.8) is 0 Å². The summed E-state index contributed by atoms with van der Waals surface area (Å²) in [6.07, 6.45) is 4.39. The minimum absolute atomic E-state index is 0.717. The molecule has 1 heterocycles. The molecule has 2 rings (SSSR count). The SMILES string of the molecule is Cc1cccc(C[SiH]2C=CC=C2)c1C. The number of allylic oxidation sites excluding steroid dienone is 2. The fraction of sp³-hybridized carbons (Fsp3) is 0.231. The number of hydrogen-bond donors (Lipinski definition) is 0. The molecule has 1 aromatic rings. The highest BCUT2D eigenvalue weighted by atomic mass is 28.3. The monoisotopic (exact) mass is 200 g/mol. The summed E-state index contributed by atoms with van der Waals surface area (Å²) in [6.45, 7) is 4.43. The van der Waals surface area contributed by atoms with Crippen molar-refractivity contribution in [2.75, 3.05) is 0 Å². The predicted octanol–water partition coefficient (Wildman–Crippen LogP) is 2.82. The van der Waals surface area contributed by atoms with Gasteiger partial charge in [-0.3, -0.25) is 0 Å². The molecule has 0 saturated carbocycles. The Morgan fingerprint density at radius 3 is 2.50 bits per heavy atom. The number of rotatable bonds is 2. The van der Waals surface area contributed by atoms with Gasteiger partial charge in [-0.15, -0.1) is 0 Å². The van der Waals surface area contributed by atoms with Crippen LogP contribution in [0, 0.1) is 13.8 Å². The van der Waals surface area contributed by atoms with Crippen LogP contribution >= 0.6 is 0 Å². The summed E-state index contributed by atoms with van der Waals surface area (Å²) in [7, 11) is -0.717. The Morgan fingerprint density at radius 2 is 1.79 bits per heavy atom. The van der Waals surface area contributed by atoms with Crippen molar-refractivity contribution in [2.24, 2.45) is 0 Å². The Hall–Kier alpha value is -1.08. The van der Waals surface area contributed by atoms with Crippen LogP contribution in [0.5, 0.6) is 0 Å². The fourth-order valence-electron chi connectivity index (χ4n) is 1.90. The predicted molar refractivity (Wildman–Crippen MR) is 65.0 cm³/mol. The van der Waals surface area contributed by atoms with Gasteiger partial charge in [0.05, 0.1) is 8.80 Å². The highest BCUT2D eigenvalue weighted by molar-refractivity contribution is 6.69. The zero-order valence-electron chi connectivity index (χ0n) is 8.83. The summed E-state index contributed by atoms with van der Waals surface area (Å²) >= 11 is 0. The molecule has 72 valence electrons. The van der Waals surface area contributed by atoms with E-state index in [0.717, 1.165) is 0 Å². The average Bonchev–Trinajstić information content (AvgIpc) is 2.66. The molecule has 0 nitrogen and oxygen atoms in total. The molecular formula is C13H16Si. The Kier molecular flexibility index (Phi) is 2.68. The molecule has 0 saturated heterocycles. The van der Waals surface area contributed by atoms with Crippen molar-refractivity contribution < 1.29 is 0 Å². The van der Waals surface area contributed by atoms with Gasteiger partial charge in [0.2, 0.25) is 0 Å². The lowest BCUT2D eigenvalue weighted by Crippen LogP contribution is -2.10. The minimum atomic E-state index is -0.717. The van der Waals surface area contributed by atoms with E-state index in [9.17, 15) is 0 Å². The largest absolute Gasteiger partial charge is 0.0932 e. The second kappa shape index (κ2) is 3.97. The van der Waals surface area contributed by atoms with E-state index < -0.39 is 8.80 Å². The van der Waals surface area contributed by atoms with Gasteiger partial charge in [0.25, 0.3) is 0 Å². The standard InChI is InChI=1S/C13H16Si/c1-11-6-5-7-13(12(11)2)10-14-8-3-4-9-14/h3-9,14H,10H2,1-2H3. The van der Waals surface area contributed by atoms with E-state index in [4.69, 9.17) is 0 Å². The molecule has 1 aliphatic rings. The van der Waals surface area contributed by atoms with Crippen LogP contribution in [0.4, 0.5) is 0 Å². The minimum Gasteiger partial charge on any atom is -0.0932 e. The van der Waals surface area contributed by atoms with Crippen molar-refractivity contribution in [3.05, 3.63) is 58.4 Å². The van der Waals surface area contributed by atoms with Gasteiger partial charge in [-0.05, 0) is 36.6 Å². The molecule has 0 N–H and O–H groups in total. The van der Waals surface area contributed by atoms with Crippen molar-refractivity contribution in [3.8, 4) is 0 Å². The molecule has 1 heteroatoms. The third-order valence-electron chi connectivity index (χ3n) is 3.00. The Balaban J connectivity index is 2.20. The first-order valence-electron chi connectivity index (χ1n) is 5.17. The summed E-state index contributed by atoms with van der Waals surface area (Å²) in [5, 5.41) is 0. The Morgan fingerprint density at radius 1 is 1.07 bits per heavy atom. The molecule has 0 spiro atoms. The van der Waals surface area contributed by atoms with Gasteiger partial charge in [0, 0.05) is 0 Å². The van der Waals surface area contributed by atoms with Crippen LogP contribution < -0.4 is 0 Å². The molecule has 0 atom stereocenters. The van der Waals surface area contributed by atoms with Crippen molar-refractivity contribution in [1.82, 2.24) is 0 Å². The van der Waals surface area contributed by atoms with E-state index in [0.29, 0.717) is 0 Å². The number of benzene rings is 1. The quantitative estimate of drug-likeness (QED) is 0.644. The summed E-state index contributed by atoms with van der Waals surface area (Å²) < 4.78 is 0. The fourth-order valence-corrected chi connectivity index (χ4v) is 4.08. The normalized spacial score (nSPS) is 15.3. The van der Waals surface area contributed by atoms with Gasteiger partial charge >= 0.3 is 0 Å². The van der Waals surface area contributed by atoms with Crippen molar-refractivity contribution >= 4 is 8.80 Å². The van der Waals surface area contributed by atoms with Crippen LogP contribution in [0.25, 0.3) is 0 Å². The second-order valence-electron chi connectivity index (χ2n) is 4.00. The molecule has 0 amide bonds. The van der Waals surface area contributed by atoms with E-state index in [-0.39, 0.29) is 0 Å². The van der Waals surface area contributed by atoms with Crippen molar-refractivity contribution in [1.29, 1.82) is 0 Å². The summed E-state index contributed by atoms with van der Waals surface area (Å²) in [5.41, 5.74) is 9.25. The van der Waals surface area contributed by atoms with E-state index in [1.807, 2.05) is 0 Å². The third-order valence-corrected chi connectivity index (χ3v) is 5.34. The van der Waals surface area contributed by atoms with E-state index in [2.05, 4.69) is 55.6 Å². The highest BCUT2D eigenvalue weighted by Gasteiger charge is 2.09. The molecule has 0 bridgehead atoms. The van der Waals surface area contributed by atoms with E-state index in [1.54, 1.807) is 0 Å². The zero-order chi connectivity index (χ0) is 9.97. The molecule has 0 fully saturated rings. The zero-order valence-corrected chi connectivity index (χ0v) is 9.98. The maximum absolute atomic E-state index is 2.40. The molecule has 0 aliphatic carbocycles. The maximum Gasteiger partial charge on any atom is 0.0894 e. The third kappa shape index (κ3) is 1.88. The smallest absolute Gasteiger partial charge is 0.0894 e. The molecular weight excluding hydrogens is 184 g/mol. The number of hydrogen-bond acceptors (Lipinski definition) is 0. The lowest BCUT2D eigenvalue weighted by atomic mass is 10.1. The maximum atomic E-state index is 2.40. The molecule has 0 aromatic heterocycles.